The van der Waals surface area contributed by atoms with Gasteiger partial charge in [0.25, 0.3) is 0 Å². The van der Waals surface area contributed by atoms with E-state index < -0.39 is 0 Å². The van der Waals surface area contributed by atoms with Crippen molar-refractivity contribution in [3.63, 3.8) is 0 Å². The summed E-state index contributed by atoms with van der Waals surface area (Å²) in [7, 11) is 0. The lowest BCUT2D eigenvalue weighted by atomic mass is 9.88. The second kappa shape index (κ2) is 8.12. The molecule has 0 bridgehead atoms. The quantitative estimate of drug-likeness (QED) is 0.380. The van der Waals surface area contributed by atoms with Crippen molar-refractivity contribution in [2.75, 3.05) is 17.2 Å². The first-order chi connectivity index (χ1) is 17.0. The van der Waals surface area contributed by atoms with Gasteiger partial charge in [-0.15, -0.1) is 0 Å². The van der Waals surface area contributed by atoms with Gasteiger partial charge in [-0.25, -0.2) is 24.0 Å². The van der Waals surface area contributed by atoms with E-state index in [-0.39, 0.29) is 17.8 Å². The minimum atomic E-state index is -0.280. The molecule has 6 rings (SSSR count). The standard InChI is InChI=1S/C26H23FN8/c1-26(2)15-30-22-20(26)23(31-17-9-12-28-13-10-17)33-24(32-22)21-18-7-5-11-29-25(18)35(34-21)14-16-6-3-4-8-19(16)27/h3-13H,14-15H2,1-2H3,(H2,28,30,31,32,33). The smallest absolute Gasteiger partial charge is 0.184 e. The molecule has 0 atom stereocenters. The number of nitrogens with zero attached hydrogens (tertiary/aromatic N) is 6. The Morgan fingerprint density at radius 2 is 1.86 bits per heavy atom. The van der Waals surface area contributed by atoms with E-state index in [0.29, 0.717) is 28.5 Å². The number of pyridine rings is 2. The van der Waals surface area contributed by atoms with Crippen molar-refractivity contribution in [3.05, 3.63) is 84.1 Å². The highest BCUT2D eigenvalue weighted by Crippen LogP contribution is 2.41. The predicted molar refractivity (Wildman–Crippen MR) is 133 cm³/mol. The number of halogens is 1. The van der Waals surface area contributed by atoms with Crippen LogP contribution in [0.5, 0.6) is 0 Å². The topological polar surface area (TPSA) is 93.4 Å². The molecule has 9 heteroatoms. The number of hydrogen-bond acceptors (Lipinski definition) is 7. The van der Waals surface area contributed by atoms with E-state index in [0.717, 1.165) is 29.0 Å². The molecule has 0 radical (unpaired) electrons. The van der Waals surface area contributed by atoms with Gasteiger partial charge in [0.05, 0.1) is 11.9 Å². The SMILES string of the molecule is CC1(C)CNc2nc(-c3nn(Cc4ccccc4F)c4ncccc34)nc(Nc3ccncc3)c21. The second-order valence-corrected chi connectivity index (χ2v) is 9.19. The summed E-state index contributed by atoms with van der Waals surface area (Å²) in [5.74, 6) is 1.68. The Bertz CT molecular complexity index is 1540. The minimum absolute atomic E-state index is 0.156. The van der Waals surface area contributed by atoms with Crippen LogP contribution in [0.2, 0.25) is 0 Å². The molecule has 1 aliphatic rings. The average molecular weight is 467 g/mol. The van der Waals surface area contributed by atoms with Crippen molar-refractivity contribution in [2.24, 2.45) is 0 Å². The van der Waals surface area contributed by atoms with Crippen molar-refractivity contribution in [1.29, 1.82) is 0 Å². The lowest BCUT2D eigenvalue weighted by Gasteiger charge is -2.20. The molecule has 0 unspecified atom stereocenters. The highest BCUT2D eigenvalue weighted by Gasteiger charge is 2.36. The first-order valence-corrected chi connectivity index (χ1v) is 11.4. The summed E-state index contributed by atoms with van der Waals surface area (Å²) < 4.78 is 16.1. The molecular weight excluding hydrogens is 443 g/mol. The van der Waals surface area contributed by atoms with Crippen LogP contribution < -0.4 is 10.6 Å². The molecule has 0 saturated carbocycles. The van der Waals surface area contributed by atoms with Crippen molar-refractivity contribution in [1.82, 2.24) is 29.7 Å². The molecule has 1 aliphatic heterocycles. The molecule has 0 saturated heterocycles. The van der Waals surface area contributed by atoms with Crippen LogP contribution in [0.4, 0.5) is 21.7 Å². The Balaban J connectivity index is 1.50. The first-order valence-electron chi connectivity index (χ1n) is 11.4. The van der Waals surface area contributed by atoms with Crippen LogP contribution in [-0.4, -0.2) is 36.3 Å². The van der Waals surface area contributed by atoms with Crippen LogP contribution in [0.15, 0.2) is 67.1 Å². The molecule has 2 N–H and O–H groups in total. The zero-order chi connectivity index (χ0) is 24.0. The van der Waals surface area contributed by atoms with Gasteiger partial charge in [-0.2, -0.15) is 5.10 Å². The van der Waals surface area contributed by atoms with Gasteiger partial charge in [0.2, 0.25) is 0 Å². The van der Waals surface area contributed by atoms with E-state index in [1.165, 1.54) is 6.07 Å². The third kappa shape index (κ3) is 3.74. The summed E-state index contributed by atoms with van der Waals surface area (Å²) in [6, 6.07) is 14.3. The molecule has 1 aromatic carbocycles. The fourth-order valence-corrected chi connectivity index (χ4v) is 4.46. The third-order valence-electron chi connectivity index (χ3n) is 6.22. The van der Waals surface area contributed by atoms with Crippen LogP contribution in [0.3, 0.4) is 0 Å². The molecule has 0 amide bonds. The maximum atomic E-state index is 14.4. The zero-order valence-electron chi connectivity index (χ0n) is 19.3. The number of nitrogens with one attached hydrogen (secondary N) is 2. The molecule has 0 fully saturated rings. The van der Waals surface area contributed by atoms with Crippen LogP contribution in [-0.2, 0) is 12.0 Å². The van der Waals surface area contributed by atoms with Gasteiger partial charge in [0.1, 0.15) is 23.1 Å². The summed E-state index contributed by atoms with van der Waals surface area (Å²) in [5.41, 5.74) is 3.52. The highest BCUT2D eigenvalue weighted by atomic mass is 19.1. The predicted octanol–water partition coefficient (Wildman–Crippen LogP) is 4.92. The molecule has 174 valence electrons. The molecule has 35 heavy (non-hydrogen) atoms. The van der Waals surface area contributed by atoms with E-state index in [9.17, 15) is 4.39 Å². The Labute approximate surface area is 201 Å². The Hall–Kier alpha value is -4.40. The minimum Gasteiger partial charge on any atom is -0.369 e. The number of fused-ring (bicyclic) bond motifs is 2. The van der Waals surface area contributed by atoms with Crippen molar-refractivity contribution in [2.45, 2.75) is 25.8 Å². The third-order valence-corrected chi connectivity index (χ3v) is 6.22. The van der Waals surface area contributed by atoms with Gasteiger partial charge >= 0.3 is 0 Å². The van der Waals surface area contributed by atoms with Gasteiger partial charge in [0, 0.05) is 47.4 Å². The lowest BCUT2D eigenvalue weighted by Crippen LogP contribution is -2.20. The van der Waals surface area contributed by atoms with Crippen LogP contribution in [0.1, 0.15) is 25.0 Å². The molecule has 4 aromatic heterocycles. The van der Waals surface area contributed by atoms with Crippen LogP contribution in [0, 0.1) is 5.82 Å². The van der Waals surface area contributed by atoms with Gasteiger partial charge in [-0.3, -0.25) is 4.98 Å². The Morgan fingerprint density at radius 3 is 2.69 bits per heavy atom. The summed E-state index contributed by atoms with van der Waals surface area (Å²) >= 11 is 0. The van der Waals surface area contributed by atoms with Gasteiger partial charge in [-0.1, -0.05) is 32.0 Å². The molecule has 0 spiro atoms. The summed E-state index contributed by atoms with van der Waals surface area (Å²) in [4.78, 5) is 18.4. The molecule has 8 nitrogen and oxygen atoms in total. The lowest BCUT2D eigenvalue weighted by molar-refractivity contribution is 0.586. The molecule has 5 heterocycles. The molecule has 5 aromatic rings. The number of hydrogen-bond donors (Lipinski definition) is 2. The van der Waals surface area contributed by atoms with Gasteiger partial charge < -0.3 is 10.6 Å². The first kappa shape index (κ1) is 21.2. The van der Waals surface area contributed by atoms with Crippen LogP contribution >= 0.6 is 0 Å². The summed E-state index contributed by atoms with van der Waals surface area (Å²) in [6.45, 7) is 5.32. The average Bonchev–Trinajstić information content (AvgIpc) is 3.38. The van der Waals surface area contributed by atoms with Crippen LogP contribution in [0.25, 0.3) is 22.6 Å². The van der Waals surface area contributed by atoms with E-state index in [4.69, 9.17) is 15.1 Å². The monoisotopic (exact) mass is 466 g/mol. The van der Waals surface area contributed by atoms with Crippen molar-refractivity contribution < 1.29 is 4.39 Å². The number of anilines is 3. The summed E-state index contributed by atoms with van der Waals surface area (Å²) in [6.07, 6.45) is 5.17. The maximum absolute atomic E-state index is 14.4. The number of rotatable bonds is 5. The summed E-state index contributed by atoms with van der Waals surface area (Å²) in [5, 5.41) is 12.5. The van der Waals surface area contributed by atoms with Gasteiger partial charge in [-0.05, 0) is 30.3 Å². The van der Waals surface area contributed by atoms with E-state index in [2.05, 4.69) is 34.4 Å². The zero-order valence-corrected chi connectivity index (χ0v) is 19.3. The molecule has 0 aliphatic carbocycles. The fraction of sp³-hybridized carbons (Fsp3) is 0.192. The van der Waals surface area contributed by atoms with E-state index >= 15 is 0 Å². The largest absolute Gasteiger partial charge is 0.369 e. The maximum Gasteiger partial charge on any atom is 0.184 e. The number of benzene rings is 1. The van der Waals surface area contributed by atoms with E-state index in [1.54, 1.807) is 35.4 Å². The molecular formula is C26H23FN8. The Kier molecular flexibility index (Phi) is 4.91. The normalized spacial score (nSPS) is 14.0. The van der Waals surface area contributed by atoms with Gasteiger partial charge in [0.15, 0.2) is 11.5 Å². The number of aromatic nitrogens is 6. The van der Waals surface area contributed by atoms with Crippen molar-refractivity contribution >= 4 is 28.4 Å². The fourth-order valence-electron chi connectivity index (χ4n) is 4.46. The van der Waals surface area contributed by atoms with E-state index in [1.807, 2.05) is 30.3 Å². The second-order valence-electron chi connectivity index (χ2n) is 9.19. The highest BCUT2D eigenvalue weighted by molar-refractivity contribution is 5.90. The van der Waals surface area contributed by atoms with Crippen molar-refractivity contribution in [3.8, 4) is 11.5 Å². The Morgan fingerprint density at radius 1 is 1.03 bits per heavy atom.